The molecule has 12 rings (SSSR count). The Bertz CT molecular complexity index is 2670. The van der Waals surface area contributed by atoms with E-state index in [0.717, 1.165) is 6.42 Å². The summed E-state index contributed by atoms with van der Waals surface area (Å²) in [5.74, 6) is 0. The van der Waals surface area contributed by atoms with Crippen molar-refractivity contribution in [3.05, 3.63) is 225 Å². The van der Waals surface area contributed by atoms with Gasteiger partial charge in [-0.2, -0.15) is 0 Å². The van der Waals surface area contributed by atoms with Gasteiger partial charge in [0, 0.05) is 0 Å². The van der Waals surface area contributed by atoms with Gasteiger partial charge in [0.25, 0.3) is 0 Å². The van der Waals surface area contributed by atoms with Crippen LogP contribution in [0.2, 0.25) is 0 Å². The van der Waals surface area contributed by atoms with Gasteiger partial charge in [-0.05, 0) is 112 Å². The van der Waals surface area contributed by atoms with Gasteiger partial charge >= 0.3 is 0 Å². The summed E-state index contributed by atoms with van der Waals surface area (Å²) in [6.45, 7) is 0. The van der Waals surface area contributed by atoms with E-state index in [2.05, 4.69) is 170 Å². The molecule has 0 saturated carbocycles. The summed E-state index contributed by atoms with van der Waals surface area (Å²) in [7, 11) is 0. The Morgan fingerprint density at radius 2 is 0.735 bits per heavy atom. The van der Waals surface area contributed by atoms with Gasteiger partial charge in [0.05, 0.1) is 10.8 Å². The average molecular weight is 619 g/mol. The van der Waals surface area contributed by atoms with Crippen molar-refractivity contribution >= 4 is 10.8 Å². The quantitative estimate of drug-likeness (QED) is 0.159. The molecule has 0 heterocycles. The zero-order valence-corrected chi connectivity index (χ0v) is 26.9. The Kier molecular flexibility index (Phi) is 4.74. The third-order valence-corrected chi connectivity index (χ3v) is 12.4. The van der Waals surface area contributed by atoms with Crippen molar-refractivity contribution in [2.45, 2.75) is 17.3 Å². The molecule has 49 heavy (non-hydrogen) atoms. The predicted molar refractivity (Wildman–Crippen MR) is 200 cm³/mol. The Labute approximate surface area is 286 Å². The van der Waals surface area contributed by atoms with Crippen molar-refractivity contribution in [1.82, 2.24) is 0 Å². The number of benzene rings is 8. The molecule has 0 aliphatic heterocycles. The van der Waals surface area contributed by atoms with E-state index in [-0.39, 0.29) is 0 Å². The van der Waals surface area contributed by atoms with Crippen LogP contribution in [-0.2, 0) is 17.3 Å². The Morgan fingerprint density at radius 3 is 1.27 bits per heavy atom. The van der Waals surface area contributed by atoms with Crippen LogP contribution >= 0.6 is 0 Å². The minimum absolute atomic E-state index is 0.442. The minimum atomic E-state index is -0.453. The van der Waals surface area contributed by atoms with E-state index < -0.39 is 10.8 Å². The van der Waals surface area contributed by atoms with E-state index in [1.54, 1.807) is 0 Å². The summed E-state index contributed by atoms with van der Waals surface area (Å²) in [5.41, 5.74) is 21.3. The number of rotatable bonds is 0. The molecule has 0 nitrogen and oxygen atoms in total. The van der Waals surface area contributed by atoms with Gasteiger partial charge in [-0.15, -0.1) is 0 Å². The molecule has 0 heteroatoms. The molecule has 0 N–H and O–H groups in total. The largest absolute Gasteiger partial charge is 0.0720 e. The standard InChI is InChI=1S/C49H30/c1-2-14-32-30(13-1)25-26-33-38-29-47-46(28-31(38)27-39(32)33)48(40-19-7-3-15-34(40)35-16-4-8-20-41(35)48)44-23-11-12-24-45(44)49(47)42-21-9-5-17-36(42)37-18-6-10-22-43(37)49/h1-26,28-29H,27H2. The van der Waals surface area contributed by atoms with Crippen LogP contribution < -0.4 is 0 Å². The number of hydrogen-bond acceptors (Lipinski definition) is 0. The van der Waals surface area contributed by atoms with E-state index >= 15 is 0 Å². The van der Waals surface area contributed by atoms with Gasteiger partial charge in [-0.25, -0.2) is 0 Å². The van der Waals surface area contributed by atoms with Crippen LogP contribution in [0.15, 0.2) is 170 Å². The highest BCUT2D eigenvalue weighted by molar-refractivity contribution is 5.98. The first kappa shape index (κ1) is 26.0. The van der Waals surface area contributed by atoms with Crippen LogP contribution in [0, 0.1) is 0 Å². The first-order chi connectivity index (χ1) is 24.3. The lowest BCUT2D eigenvalue weighted by molar-refractivity contribution is 0.632. The molecule has 4 aliphatic rings. The van der Waals surface area contributed by atoms with Crippen molar-refractivity contribution in [2.75, 3.05) is 0 Å². The third-order valence-electron chi connectivity index (χ3n) is 12.4. The fourth-order valence-electron chi connectivity index (χ4n) is 10.7. The van der Waals surface area contributed by atoms with Crippen LogP contribution in [0.1, 0.15) is 55.6 Å². The van der Waals surface area contributed by atoms with Crippen LogP contribution in [0.4, 0.5) is 0 Å². The number of fused-ring (bicyclic) bond motifs is 21. The van der Waals surface area contributed by atoms with Crippen LogP contribution in [0.25, 0.3) is 44.2 Å². The molecule has 226 valence electrons. The summed E-state index contributed by atoms with van der Waals surface area (Å²) in [4.78, 5) is 0. The molecular formula is C49H30. The fourth-order valence-corrected chi connectivity index (χ4v) is 10.7. The lowest BCUT2D eigenvalue weighted by Crippen LogP contribution is -2.44. The lowest BCUT2D eigenvalue weighted by atomic mass is 9.52. The summed E-state index contributed by atoms with van der Waals surface area (Å²) in [6, 6.07) is 65.1. The summed E-state index contributed by atoms with van der Waals surface area (Å²) < 4.78 is 0. The van der Waals surface area contributed by atoms with E-state index in [1.165, 1.54) is 99.8 Å². The van der Waals surface area contributed by atoms with E-state index in [1.807, 2.05) is 0 Å². The van der Waals surface area contributed by atoms with Crippen molar-refractivity contribution < 1.29 is 0 Å². The van der Waals surface area contributed by atoms with E-state index in [4.69, 9.17) is 0 Å². The van der Waals surface area contributed by atoms with Crippen LogP contribution in [-0.4, -0.2) is 0 Å². The van der Waals surface area contributed by atoms with Crippen molar-refractivity contribution in [3.8, 4) is 33.4 Å². The second-order valence-electron chi connectivity index (χ2n) is 14.3. The highest BCUT2D eigenvalue weighted by atomic mass is 14.6. The second-order valence-corrected chi connectivity index (χ2v) is 14.3. The SMILES string of the molecule is c1ccc2c(c1)-c1ccccc1C21c2ccccc2C2(c3ccccc3-c3ccccc32)c2cc3c(cc21)Cc1c-3ccc2ccccc12. The van der Waals surface area contributed by atoms with Gasteiger partial charge in [0.2, 0.25) is 0 Å². The van der Waals surface area contributed by atoms with E-state index in [0.29, 0.717) is 0 Å². The van der Waals surface area contributed by atoms with Gasteiger partial charge in [0.15, 0.2) is 0 Å². The zero-order valence-electron chi connectivity index (χ0n) is 26.9. The van der Waals surface area contributed by atoms with Crippen molar-refractivity contribution in [2.24, 2.45) is 0 Å². The molecule has 2 spiro atoms. The first-order valence-electron chi connectivity index (χ1n) is 17.5. The minimum Gasteiger partial charge on any atom is -0.0619 e. The molecule has 4 aliphatic carbocycles. The molecule has 8 aromatic carbocycles. The first-order valence-corrected chi connectivity index (χ1v) is 17.5. The predicted octanol–water partition coefficient (Wildman–Crippen LogP) is 11.5. The smallest absolute Gasteiger partial charge is 0.0619 e. The summed E-state index contributed by atoms with van der Waals surface area (Å²) in [6.07, 6.45) is 0.945. The maximum atomic E-state index is 2.64. The zero-order chi connectivity index (χ0) is 31.9. The highest BCUT2D eigenvalue weighted by Gasteiger charge is 2.59. The Balaban J connectivity index is 1.31. The molecule has 0 aromatic heterocycles. The maximum Gasteiger partial charge on any atom is 0.0720 e. The monoisotopic (exact) mass is 618 g/mol. The van der Waals surface area contributed by atoms with Crippen molar-refractivity contribution in [3.63, 3.8) is 0 Å². The average Bonchev–Trinajstić information content (AvgIpc) is 3.79. The normalized spacial score (nSPS) is 15.6. The topological polar surface area (TPSA) is 0 Å². The van der Waals surface area contributed by atoms with E-state index in [9.17, 15) is 0 Å². The van der Waals surface area contributed by atoms with Gasteiger partial charge < -0.3 is 0 Å². The molecule has 0 radical (unpaired) electrons. The van der Waals surface area contributed by atoms with Gasteiger partial charge in [-0.3, -0.25) is 0 Å². The van der Waals surface area contributed by atoms with Gasteiger partial charge in [0.1, 0.15) is 0 Å². The number of hydrogen-bond donors (Lipinski definition) is 0. The maximum absolute atomic E-state index is 2.64. The Morgan fingerprint density at radius 1 is 0.306 bits per heavy atom. The molecule has 0 atom stereocenters. The summed E-state index contributed by atoms with van der Waals surface area (Å²) in [5, 5.41) is 2.69. The molecular weight excluding hydrogens is 589 g/mol. The van der Waals surface area contributed by atoms with Crippen LogP contribution in [0.5, 0.6) is 0 Å². The highest BCUT2D eigenvalue weighted by Crippen LogP contribution is 2.68. The lowest BCUT2D eigenvalue weighted by Gasteiger charge is -2.49. The van der Waals surface area contributed by atoms with Crippen molar-refractivity contribution in [1.29, 1.82) is 0 Å². The Hall–Kier alpha value is -5.98. The summed E-state index contributed by atoms with van der Waals surface area (Å²) >= 11 is 0. The molecule has 0 saturated heterocycles. The third kappa shape index (κ3) is 2.87. The molecule has 8 aromatic rings. The molecule has 0 amide bonds. The molecule has 0 unspecified atom stereocenters. The van der Waals surface area contributed by atoms with Crippen LogP contribution in [0.3, 0.4) is 0 Å². The van der Waals surface area contributed by atoms with Gasteiger partial charge in [-0.1, -0.05) is 164 Å². The molecule has 0 bridgehead atoms. The fraction of sp³-hybridized carbons (Fsp3) is 0.0612. The second kappa shape index (κ2) is 8.92. The molecule has 0 fully saturated rings.